The molecule has 0 radical (unpaired) electrons. The Morgan fingerprint density at radius 1 is 0.330 bits per heavy atom. The molecule has 0 saturated heterocycles. The highest BCUT2D eigenvalue weighted by Crippen LogP contribution is 2.43. The summed E-state index contributed by atoms with van der Waals surface area (Å²) in [5, 5.41) is 0. The summed E-state index contributed by atoms with van der Waals surface area (Å²) in [5.74, 6) is -0.831. The molecule has 0 aromatic heterocycles. The molecule has 2 atom stereocenters. The van der Waals surface area contributed by atoms with E-state index in [1.54, 1.807) is 0 Å². The zero-order valence-corrected chi connectivity index (χ0v) is 59.2. The first kappa shape index (κ1) is 86.6. The molecule has 0 spiro atoms. The number of hydrogen-bond donors (Lipinski definition) is 2. The number of carbonyl (C=O) groups excluding carboxylic acids is 2. The van der Waals surface area contributed by atoms with Gasteiger partial charge in [0.2, 0.25) is 0 Å². The highest BCUT2D eigenvalue weighted by atomic mass is 31.2. The predicted octanol–water partition coefficient (Wildman–Crippen LogP) is 24.7. The summed E-state index contributed by atoms with van der Waals surface area (Å²) in [6.45, 7) is 3.53. The van der Waals surface area contributed by atoms with Gasteiger partial charge in [-0.1, -0.05) is 332 Å². The predicted molar refractivity (Wildman–Crippen MR) is 394 cm³/mol. The van der Waals surface area contributed by atoms with Crippen molar-refractivity contribution in [2.75, 3.05) is 26.4 Å². The molecule has 10 heteroatoms. The molecule has 91 heavy (non-hydrogen) atoms. The summed E-state index contributed by atoms with van der Waals surface area (Å²) in [5.41, 5.74) is 5.41. The number of unbranched alkanes of at least 4 members (excludes halogenated alkanes) is 29. The summed E-state index contributed by atoms with van der Waals surface area (Å²) in [6.07, 6.45) is 109. The van der Waals surface area contributed by atoms with Gasteiger partial charge >= 0.3 is 19.8 Å². The van der Waals surface area contributed by atoms with E-state index in [0.29, 0.717) is 6.42 Å². The van der Waals surface area contributed by atoms with Crippen LogP contribution in [0.1, 0.15) is 309 Å². The number of carbonyl (C=O) groups is 2. The summed E-state index contributed by atoms with van der Waals surface area (Å²) in [4.78, 5) is 35.4. The summed E-state index contributed by atoms with van der Waals surface area (Å²) < 4.78 is 33.2. The van der Waals surface area contributed by atoms with Gasteiger partial charge in [0.05, 0.1) is 13.2 Å². The largest absolute Gasteiger partial charge is 0.472 e. The van der Waals surface area contributed by atoms with Crippen molar-refractivity contribution in [1.29, 1.82) is 0 Å². The molecule has 2 unspecified atom stereocenters. The molecule has 0 aromatic rings. The second-order valence-electron chi connectivity index (χ2n) is 24.0. The summed E-state index contributed by atoms with van der Waals surface area (Å²) in [7, 11) is -4.41. The van der Waals surface area contributed by atoms with Crippen molar-refractivity contribution >= 4 is 19.8 Å². The maximum Gasteiger partial charge on any atom is 0.472 e. The molecule has 0 bridgehead atoms. The summed E-state index contributed by atoms with van der Waals surface area (Å²) in [6, 6.07) is 0. The maximum absolute atomic E-state index is 12.8. The highest BCUT2D eigenvalue weighted by molar-refractivity contribution is 7.47. The van der Waals surface area contributed by atoms with Gasteiger partial charge in [-0.2, -0.15) is 0 Å². The lowest BCUT2D eigenvalue weighted by Gasteiger charge is -2.19. The fraction of sp³-hybridized carbons (Fsp3) is 0.654. The van der Waals surface area contributed by atoms with Gasteiger partial charge in [0.15, 0.2) is 6.10 Å². The number of hydrogen-bond acceptors (Lipinski definition) is 8. The third kappa shape index (κ3) is 74.5. The van der Waals surface area contributed by atoms with Crippen LogP contribution < -0.4 is 5.73 Å². The number of ether oxygens (including phenoxy) is 2. The van der Waals surface area contributed by atoms with E-state index in [-0.39, 0.29) is 38.6 Å². The first-order valence-corrected chi connectivity index (χ1v) is 38.5. The van der Waals surface area contributed by atoms with Crippen LogP contribution in [0.3, 0.4) is 0 Å². The molecule has 0 aliphatic heterocycles. The van der Waals surface area contributed by atoms with Crippen molar-refractivity contribution < 1.29 is 37.6 Å². The Bertz CT molecular complexity index is 2050. The van der Waals surface area contributed by atoms with Crippen LogP contribution in [-0.2, 0) is 32.7 Å². The third-order valence-corrected chi connectivity index (χ3v) is 16.4. The second-order valence-corrected chi connectivity index (χ2v) is 25.5. The van der Waals surface area contributed by atoms with Gasteiger partial charge in [0, 0.05) is 19.4 Å². The van der Waals surface area contributed by atoms with Gasteiger partial charge in [-0.15, -0.1) is 0 Å². The molecule has 9 nitrogen and oxygen atoms in total. The molecule has 0 saturated carbocycles. The van der Waals surface area contributed by atoms with Crippen LogP contribution >= 0.6 is 7.82 Å². The van der Waals surface area contributed by atoms with Crippen molar-refractivity contribution in [2.45, 2.75) is 315 Å². The fourth-order valence-corrected chi connectivity index (χ4v) is 10.8. The number of esters is 2. The lowest BCUT2D eigenvalue weighted by molar-refractivity contribution is -0.161. The van der Waals surface area contributed by atoms with Crippen LogP contribution in [0.15, 0.2) is 158 Å². The Balaban J connectivity index is 3.90. The molecule has 518 valence electrons. The Kier molecular flexibility index (Phi) is 71.1. The molecule has 3 N–H and O–H groups in total. The molecule has 0 fully saturated rings. The third-order valence-electron chi connectivity index (χ3n) is 15.4. The normalized spacial score (nSPS) is 13.8. The van der Waals surface area contributed by atoms with Crippen molar-refractivity contribution in [3.05, 3.63) is 158 Å². The van der Waals surface area contributed by atoms with Gasteiger partial charge in [-0.05, 0) is 122 Å². The minimum atomic E-state index is -4.41. The van der Waals surface area contributed by atoms with Crippen LogP contribution in [0.4, 0.5) is 0 Å². The zero-order chi connectivity index (χ0) is 65.8. The Hall–Kier alpha value is -4.37. The van der Waals surface area contributed by atoms with E-state index >= 15 is 0 Å². The van der Waals surface area contributed by atoms with Gasteiger partial charge in [-0.3, -0.25) is 18.6 Å². The molecule has 0 heterocycles. The Labute approximate surface area is 559 Å². The quantitative estimate of drug-likeness (QED) is 0.0264. The van der Waals surface area contributed by atoms with E-state index in [0.717, 1.165) is 128 Å². The van der Waals surface area contributed by atoms with Gasteiger partial charge < -0.3 is 20.1 Å². The number of phosphoric ester groups is 1. The highest BCUT2D eigenvalue weighted by Gasteiger charge is 2.26. The fourth-order valence-electron chi connectivity index (χ4n) is 10.0. The lowest BCUT2D eigenvalue weighted by atomic mass is 10.0. The molecule has 0 aliphatic rings. The van der Waals surface area contributed by atoms with Gasteiger partial charge in [0.1, 0.15) is 6.61 Å². The van der Waals surface area contributed by atoms with E-state index in [4.69, 9.17) is 24.3 Å². The van der Waals surface area contributed by atoms with E-state index in [1.807, 2.05) is 0 Å². The van der Waals surface area contributed by atoms with Crippen LogP contribution in [0.2, 0.25) is 0 Å². The second kappa shape index (κ2) is 74.7. The molecule has 0 aliphatic carbocycles. The number of rotatable bonds is 68. The van der Waals surface area contributed by atoms with Crippen LogP contribution in [-0.4, -0.2) is 49.3 Å². The zero-order valence-electron chi connectivity index (χ0n) is 58.3. The van der Waals surface area contributed by atoms with Gasteiger partial charge in [-0.25, -0.2) is 4.57 Å². The average molecular weight is 1280 g/mol. The standard InChI is InChI=1S/C81H136NO8P/c1-3-5-7-9-11-13-15-17-19-21-23-25-27-29-31-33-35-37-39-41-43-45-47-49-51-53-55-57-59-61-63-65-67-69-71-73-80(83)87-77-79(78-89-91(85,86)88-76-75-82)90-81(84)74-72-70-68-66-64-62-60-58-56-54-52-50-48-46-44-42-40-38-36-34-32-30-28-26-24-22-20-18-16-14-12-10-8-6-4-2/h5-8,11-14,17-20,23-26,29-32,36,38,42,44,48,50,79H,3-4,9-10,15-16,21-22,27-28,33-35,37,39-41,43,45-47,49,51-78,82H2,1-2H3,(H,85,86)/b7-5-,8-6-,13-11-,14-12-,19-17-,20-18-,25-23-,26-24-,31-29-,32-30-,38-36-,44-42-,50-48-. The first-order valence-electron chi connectivity index (χ1n) is 37.0. The van der Waals surface area contributed by atoms with Crippen molar-refractivity contribution in [2.24, 2.45) is 5.73 Å². The number of allylic oxidation sites excluding steroid dienone is 26. The van der Waals surface area contributed by atoms with E-state index in [1.165, 1.54) is 148 Å². The van der Waals surface area contributed by atoms with Crippen molar-refractivity contribution in [3.8, 4) is 0 Å². The van der Waals surface area contributed by atoms with E-state index in [9.17, 15) is 19.0 Å². The van der Waals surface area contributed by atoms with Crippen LogP contribution in [0.5, 0.6) is 0 Å². The minimum absolute atomic E-state index is 0.0470. The lowest BCUT2D eigenvalue weighted by Crippen LogP contribution is -2.29. The number of phosphoric acid groups is 1. The van der Waals surface area contributed by atoms with Crippen LogP contribution in [0, 0.1) is 0 Å². The molecule has 0 rings (SSSR count). The Morgan fingerprint density at radius 2 is 0.571 bits per heavy atom. The first-order chi connectivity index (χ1) is 44.8. The van der Waals surface area contributed by atoms with Crippen LogP contribution in [0.25, 0.3) is 0 Å². The molecule has 0 aromatic carbocycles. The smallest absolute Gasteiger partial charge is 0.462 e. The van der Waals surface area contributed by atoms with E-state index in [2.05, 4.69) is 172 Å². The molecular weight excluding hydrogens is 1150 g/mol. The van der Waals surface area contributed by atoms with E-state index < -0.39 is 26.5 Å². The number of nitrogens with two attached hydrogens (primary N) is 1. The molecule has 0 amide bonds. The van der Waals surface area contributed by atoms with Gasteiger partial charge in [0.25, 0.3) is 0 Å². The summed E-state index contributed by atoms with van der Waals surface area (Å²) >= 11 is 0. The Morgan fingerprint density at radius 3 is 0.846 bits per heavy atom. The molecular formula is C81H136NO8P. The van der Waals surface area contributed by atoms with Crippen molar-refractivity contribution in [3.63, 3.8) is 0 Å². The minimum Gasteiger partial charge on any atom is -0.462 e. The monoisotopic (exact) mass is 1280 g/mol. The SMILES string of the molecule is CC/C=C\C/C=C\C/C=C\C/C=C\C/C=C\C/C=C\C/C=C\C/C=C\CCCCCCCCCCCCC(=O)OC(COC(=O)CCCCCCCCCCCCCCCCCCCCC/C=C\C/C=C\C/C=C\C/C=C\C/C=C\CC)COP(=O)(O)OCCN. The van der Waals surface area contributed by atoms with Crippen molar-refractivity contribution in [1.82, 2.24) is 0 Å². The average Bonchev–Trinajstić information content (AvgIpc) is 3.68. The topological polar surface area (TPSA) is 134 Å². The maximum atomic E-state index is 12.8.